The maximum atomic E-state index is 12.3. The Morgan fingerprint density at radius 1 is 1.26 bits per heavy atom. The summed E-state index contributed by atoms with van der Waals surface area (Å²) in [4.78, 5) is 25.2. The van der Waals surface area contributed by atoms with Crippen LogP contribution in [-0.2, 0) is 17.6 Å². The van der Waals surface area contributed by atoms with Crippen LogP contribution in [0.1, 0.15) is 48.9 Å². The number of amides is 3. The van der Waals surface area contributed by atoms with E-state index in [4.69, 9.17) is 5.73 Å². The van der Waals surface area contributed by atoms with Crippen molar-refractivity contribution in [3.8, 4) is 0 Å². The Morgan fingerprint density at radius 3 is 2.70 bits per heavy atom. The van der Waals surface area contributed by atoms with E-state index in [1.165, 1.54) is 30.4 Å². The normalized spacial score (nSPS) is 21.6. The Morgan fingerprint density at radius 2 is 2.00 bits per heavy atom. The van der Waals surface area contributed by atoms with Gasteiger partial charge in [-0.15, -0.1) is 0 Å². The first-order valence-corrected chi connectivity index (χ1v) is 8.51. The minimum absolute atomic E-state index is 0.0395. The lowest BCUT2D eigenvalue weighted by Crippen LogP contribution is -2.40. The van der Waals surface area contributed by atoms with Crippen molar-refractivity contribution in [1.82, 2.24) is 10.2 Å². The molecule has 1 saturated heterocycles. The molecular weight excluding hydrogens is 290 g/mol. The number of aryl methyl sites for hydroxylation is 2. The van der Waals surface area contributed by atoms with E-state index >= 15 is 0 Å². The fourth-order valence-electron chi connectivity index (χ4n) is 3.56. The van der Waals surface area contributed by atoms with E-state index in [-0.39, 0.29) is 23.9 Å². The van der Waals surface area contributed by atoms with Gasteiger partial charge in [-0.1, -0.05) is 18.2 Å². The summed E-state index contributed by atoms with van der Waals surface area (Å²) in [5.41, 5.74) is 9.33. The first-order chi connectivity index (χ1) is 11.0. The third-order valence-corrected chi connectivity index (χ3v) is 5.09. The molecule has 2 aliphatic rings. The van der Waals surface area contributed by atoms with Crippen molar-refractivity contribution in [3.05, 3.63) is 34.9 Å². The molecule has 1 aromatic carbocycles. The van der Waals surface area contributed by atoms with Crippen molar-refractivity contribution in [2.24, 2.45) is 11.7 Å². The van der Waals surface area contributed by atoms with Gasteiger partial charge in [-0.05, 0) is 55.7 Å². The first-order valence-electron chi connectivity index (χ1n) is 8.51. The molecule has 5 heteroatoms. The number of carbonyl (C=O) groups excluding carboxylic acids is 2. The summed E-state index contributed by atoms with van der Waals surface area (Å²) >= 11 is 0. The van der Waals surface area contributed by atoms with Gasteiger partial charge >= 0.3 is 6.03 Å². The average Bonchev–Trinajstić information content (AvgIpc) is 3.04. The molecule has 0 radical (unpaired) electrons. The van der Waals surface area contributed by atoms with Crippen LogP contribution in [0, 0.1) is 5.92 Å². The summed E-state index contributed by atoms with van der Waals surface area (Å²) in [6, 6.07) is 6.40. The van der Waals surface area contributed by atoms with Gasteiger partial charge in [-0.2, -0.15) is 0 Å². The highest BCUT2D eigenvalue weighted by Crippen LogP contribution is 2.25. The molecule has 23 heavy (non-hydrogen) atoms. The quantitative estimate of drug-likeness (QED) is 0.896. The van der Waals surface area contributed by atoms with Gasteiger partial charge in [-0.3, -0.25) is 4.79 Å². The Kier molecular flexibility index (Phi) is 4.55. The minimum atomic E-state index is -0.317. The van der Waals surface area contributed by atoms with Gasteiger partial charge in [0.05, 0.1) is 12.0 Å². The molecule has 0 unspecified atom stereocenters. The second kappa shape index (κ2) is 6.60. The third kappa shape index (κ3) is 3.49. The van der Waals surface area contributed by atoms with Crippen LogP contribution < -0.4 is 11.1 Å². The van der Waals surface area contributed by atoms with Crippen molar-refractivity contribution in [3.63, 3.8) is 0 Å². The van der Waals surface area contributed by atoms with Crippen LogP contribution >= 0.6 is 0 Å². The zero-order chi connectivity index (χ0) is 16.4. The number of likely N-dealkylation sites (tertiary alicyclic amines) is 1. The van der Waals surface area contributed by atoms with Gasteiger partial charge in [0.25, 0.3) is 0 Å². The highest BCUT2D eigenvalue weighted by Gasteiger charge is 2.30. The van der Waals surface area contributed by atoms with Crippen molar-refractivity contribution in [2.75, 3.05) is 13.1 Å². The summed E-state index contributed by atoms with van der Waals surface area (Å²) in [5.74, 6) is -0.525. The van der Waals surface area contributed by atoms with Crippen molar-refractivity contribution in [1.29, 1.82) is 0 Å². The molecule has 0 saturated carbocycles. The van der Waals surface area contributed by atoms with E-state index in [1.54, 1.807) is 4.90 Å². The number of hydrogen-bond acceptors (Lipinski definition) is 2. The lowest BCUT2D eigenvalue weighted by Gasteiger charge is -2.23. The number of nitrogens with zero attached hydrogens (tertiary/aromatic N) is 1. The smallest absolute Gasteiger partial charge is 0.317 e. The Labute approximate surface area is 137 Å². The van der Waals surface area contributed by atoms with Crippen molar-refractivity contribution < 1.29 is 9.59 Å². The molecule has 124 valence electrons. The van der Waals surface area contributed by atoms with Crippen LogP contribution in [0.2, 0.25) is 0 Å². The molecule has 1 aliphatic heterocycles. The monoisotopic (exact) mass is 315 g/mol. The second-order valence-corrected chi connectivity index (χ2v) is 6.74. The van der Waals surface area contributed by atoms with E-state index in [9.17, 15) is 9.59 Å². The number of carbonyl (C=O) groups is 2. The van der Waals surface area contributed by atoms with Crippen molar-refractivity contribution in [2.45, 2.75) is 45.1 Å². The highest BCUT2D eigenvalue weighted by molar-refractivity contribution is 5.80. The fourth-order valence-corrected chi connectivity index (χ4v) is 3.56. The molecule has 0 bridgehead atoms. The average molecular weight is 315 g/mol. The maximum absolute atomic E-state index is 12.3. The van der Waals surface area contributed by atoms with Gasteiger partial charge in [0.15, 0.2) is 0 Å². The van der Waals surface area contributed by atoms with Crippen LogP contribution in [0.25, 0.3) is 0 Å². The second-order valence-electron chi connectivity index (χ2n) is 6.74. The number of benzene rings is 1. The summed E-state index contributed by atoms with van der Waals surface area (Å²) in [5, 5.41) is 3.04. The summed E-state index contributed by atoms with van der Waals surface area (Å²) in [6.45, 7) is 3.03. The van der Waals surface area contributed by atoms with Crippen molar-refractivity contribution >= 4 is 11.9 Å². The number of rotatable bonds is 3. The molecule has 3 amide bonds. The molecule has 0 aromatic heterocycles. The SMILES string of the molecule is C[C@H](NC(=O)N1CC[C@@H](C(N)=O)C1)c1ccc2c(c1)CCCC2. The van der Waals surface area contributed by atoms with Crippen LogP contribution in [0.5, 0.6) is 0 Å². The molecular formula is C18H25N3O2. The topological polar surface area (TPSA) is 75.4 Å². The molecule has 1 aliphatic carbocycles. The van der Waals surface area contributed by atoms with Gasteiger partial charge < -0.3 is 16.0 Å². The number of primary amides is 1. The number of fused-ring (bicyclic) bond motifs is 1. The van der Waals surface area contributed by atoms with Gasteiger partial charge in [-0.25, -0.2) is 4.79 Å². The molecule has 2 atom stereocenters. The number of nitrogens with one attached hydrogen (secondary N) is 1. The van der Waals surface area contributed by atoms with E-state index in [0.29, 0.717) is 19.5 Å². The van der Waals surface area contributed by atoms with Crippen LogP contribution in [0.3, 0.4) is 0 Å². The third-order valence-electron chi connectivity index (χ3n) is 5.09. The minimum Gasteiger partial charge on any atom is -0.369 e. The Hall–Kier alpha value is -2.04. The molecule has 3 rings (SSSR count). The first kappa shape index (κ1) is 15.8. The lowest BCUT2D eigenvalue weighted by atomic mass is 9.89. The number of urea groups is 1. The Bertz CT molecular complexity index is 614. The van der Waals surface area contributed by atoms with Gasteiger partial charge in [0.1, 0.15) is 0 Å². The van der Waals surface area contributed by atoms with Gasteiger partial charge in [0.2, 0.25) is 5.91 Å². The molecule has 1 aromatic rings. The zero-order valence-corrected chi connectivity index (χ0v) is 13.7. The largest absolute Gasteiger partial charge is 0.369 e. The standard InChI is InChI=1S/C18H25N3O2/c1-12(14-7-6-13-4-2-3-5-15(13)10-14)20-18(23)21-9-8-16(11-21)17(19)22/h6-7,10,12,16H,2-5,8-9,11H2,1H3,(H2,19,22)(H,20,23)/t12-,16+/m0/s1. The van der Waals surface area contributed by atoms with Crippen LogP contribution in [-0.4, -0.2) is 29.9 Å². The van der Waals surface area contributed by atoms with Gasteiger partial charge in [0, 0.05) is 13.1 Å². The fraction of sp³-hybridized carbons (Fsp3) is 0.556. The van der Waals surface area contributed by atoms with E-state index in [2.05, 4.69) is 23.5 Å². The summed E-state index contributed by atoms with van der Waals surface area (Å²) in [6.07, 6.45) is 5.49. The number of nitrogens with two attached hydrogens (primary N) is 1. The van der Waals surface area contributed by atoms with Crippen LogP contribution in [0.4, 0.5) is 4.79 Å². The molecule has 1 fully saturated rings. The highest BCUT2D eigenvalue weighted by atomic mass is 16.2. The zero-order valence-electron chi connectivity index (χ0n) is 13.7. The molecule has 1 heterocycles. The summed E-state index contributed by atoms with van der Waals surface area (Å²) < 4.78 is 0. The summed E-state index contributed by atoms with van der Waals surface area (Å²) in [7, 11) is 0. The maximum Gasteiger partial charge on any atom is 0.317 e. The molecule has 0 spiro atoms. The van der Waals surface area contributed by atoms with E-state index in [1.807, 2.05) is 6.92 Å². The predicted octanol–water partition coefficient (Wildman–Crippen LogP) is 2.14. The number of hydrogen-bond donors (Lipinski definition) is 2. The molecule has 3 N–H and O–H groups in total. The Balaban J connectivity index is 1.61. The molecule has 5 nitrogen and oxygen atoms in total. The van der Waals surface area contributed by atoms with Crippen LogP contribution in [0.15, 0.2) is 18.2 Å². The van der Waals surface area contributed by atoms with E-state index < -0.39 is 0 Å². The lowest BCUT2D eigenvalue weighted by molar-refractivity contribution is -0.121. The predicted molar refractivity (Wildman–Crippen MR) is 88.9 cm³/mol. The van der Waals surface area contributed by atoms with E-state index in [0.717, 1.165) is 12.0 Å².